The van der Waals surface area contributed by atoms with Gasteiger partial charge in [0.1, 0.15) is 16.0 Å². The van der Waals surface area contributed by atoms with Crippen molar-refractivity contribution in [1.82, 2.24) is 19.7 Å². The van der Waals surface area contributed by atoms with Crippen LogP contribution in [0.5, 0.6) is 0 Å². The van der Waals surface area contributed by atoms with Gasteiger partial charge in [0.05, 0.1) is 34.1 Å². The molecule has 2 N–H and O–H groups in total. The van der Waals surface area contributed by atoms with Crippen molar-refractivity contribution in [2.75, 3.05) is 0 Å². The summed E-state index contributed by atoms with van der Waals surface area (Å²) in [5, 5.41) is 23.8. The summed E-state index contributed by atoms with van der Waals surface area (Å²) in [5.41, 5.74) is 6.21. The number of aromatic nitrogens is 4. The highest BCUT2D eigenvalue weighted by Gasteiger charge is 2.20. The fourth-order valence-electron chi connectivity index (χ4n) is 3.79. The minimum atomic E-state index is -0.869. The SMILES string of the molecule is C#C.CC(C)(C)O.Cc1cc2nc(-c3ccc4nn(C)cc4n3)sc2c(-c2ccc(Cl)cc2)c1CC(=O)O. The summed E-state index contributed by atoms with van der Waals surface area (Å²) < 4.78 is 2.67. The van der Waals surface area contributed by atoms with Crippen LogP contribution in [0.2, 0.25) is 5.02 Å². The molecule has 3 aromatic heterocycles. The fourth-order valence-corrected chi connectivity index (χ4v) is 5.02. The highest BCUT2D eigenvalue weighted by Crippen LogP contribution is 2.40. The molecule has 0 aliphatic carbocycles. The molecule has 0 amide bonds. The number of hydrogen-bond donors (Lipinski definition) is 2. The van der Waals surface area contributed by atoms with E-state index in [0.717, 1.165) is 54.2 Å². The number of halogens is 1. The predicted octanol–water partition coefficient (Wildman–Crippen LogP) is 6.53. The van der Waals surface area contributed by atoms with E-state index >= 15 is 0 Å². The molecular formula is C29H29ClN4O3S. The molecule has 0 saturated heterocycles. The van der Waals surface area contributed by atoms with Crippen LogP contribution in [-0.4, -0.2) is 41.5 Å². The van der Waals surface area contributed by atoms with Gasteiger partial charge in [-0.1, -0.05) is 23.7 Å². The molecule has 0 spiro atoms. The van der Waals surface area contributed by atoms with Crippen LogP contribution in [0.25, 0.3) is 43.1 Å². The first-order valence-corrected chi connectivity index (χ1v) is 12.9. The van der Waals surface area contributed by atoms with Crippen LogP contribution in [0, 0.1) is 19.8 Å². The Morgan fingerprint density at radius 3 is 2.29 bits per heavy atom. The molecule has 0 fully saturated rings. The van der Waals surface area contributed by atoms with E-state index in [1.165, 1.54) is 11.3 Å². The van der Waals surface area contributed by atoms with E-state index in [4.69, 9.17) is 26.7 Å². The molecule has 3 heterocycles. The van der Waals surface area contributed by atoms with Crippen LogP contribution in [0.15, 0.2) is 48.7 Å². The van der Waals surface area contributed by atoms with Crippen molar-refractivity contribution in [3.05, 3.63) is 64.8 Å². The molecule has 0 saturated carbocycles. The molecule has 0 aliphatic heterocycles. The number of nitrogens with zero attached hydrogens (tertiary/aromatic N) is 4. The molecule has 38 heavy (non-hydrogen) atoms. The Labute approximate surface area is 230 Å². The minimum Gasteiger partial charge on any atom is -0.481 e. The molecule has 2 aromatic carbocycles. The largest absolute Gasteiger partial charge is 0.481 e. The van der Waals surface area contributed by atoms with Crippen molar-refractivity contribution in [2.45, 2.75) is 39.7 Å². The molecule has 0 unspecified atom stereocenters. The van der Waals surface area contributed by atoms with E-state index in [9.17, 15) is 9.90 Å². The van der Waals surface area contributed by atoms with E-state index in [-0.39, 0.29) is 6.42 Å². The summed E-state index contributed by atoms with van der Waals surface area (Å²) in [5.74, 6) is -0.869. The van der Waals surface area contributed by atoms with Crippen LogP contribution < -0.4 is 0 Å². The quantitative estimate of drug-likeness (QED) is 0.248. The third-order valence-electron chi connectivity index (χ3n) is 5.17. The van der Waals surface area contributed by atoms with Gasteiger partial charge in [0.25, 0.3) is 0 Å². The number of carbonyl (C=O) groups is 1. The average Bonchev–Trinajstić information content (AvgIpc) is 3.42. The van der Waals surface area contributed by atoms with Gasteiger partial charge < -0.3 is 10.2 Å². The summed E-state index contributed by atoms with van der Waals surface area (Å²) in [6.45, 7) is 7.16. The summed E-state index contributed by atoms with van der Waals surface area (Å²) in [4.78, 5) is 21.2. The first kappa shape index (κ1) is 28.8. The number of hydrogen-bond acceptors (Lipinski definition) is 6. The maximum Gasteiger partial charge on any atom is 0.307 e. The van der Waals surface area contributed by atoms with E-state index in [1.807, 2.05) is 62.6 Å². The van der Waals surface area contributed by atoms with Crippen molar-refractivity contribution >= 4 is 50.2 Å². The lowest BCUT2D eigenvalue weighted by Crippen LogP contribution is -2.10. The maximum atomic E-state index is 11.6. The summed E-state index contributed by atoms with van der Waals surface area (Å²) >= 11 is 7.60. The van der Waals surface area contributed by atoms with Crippen LogP contribution in [0.3, 0.4) is 0 Å². The molecule has 5 rings (SSSR count). The Kier molecular flexibility index (Phi) is 8.89. The van der Waals surface area contributed by atoms with E-state index in [0.29, 0.717) is 5.02 Å². The molecule has 0 atom stereocenters. The van der Waals surface area contributed by atoms with Crippen molar-refractivity contribution in [3.8, 4) is 34.7 Å². The monoisotopic (exact) mass is 548 g/mol. The second-order valence-corrected chi connectivity index (χ2v) is 11.0. The molecule has 5 aromatic rings. The Bertz CT molecular complexity index is 1610. The molecule has 7 nitrogen and oxygen atoms in total. The normalized spacial score (nSPS) is 11.0. The fraction of sp³-hybridized carbons (Fsp3) is 0.241. The number of aliphatic hydroxyl groups is 1. The second kappa shape index (κ2) is 11.7. The lowest BCUT2D eigenvalue weighted by molar-refractivity contribution is -0.136. The van der Waals surface area contributed by atoms with Crippen molar-refractivity contribution in [1.29, 1.82) is 0 Å². The number of carboxylic acids is 1. The van der Waals surface area contributed by atoms with Gasteiger partial charge in [-0.25, -0.2) is 9.97 Å². The highest BCUT2D eigenvalue weighted by molar-refractivity contribution is 7.22. The standard InChI is InChI=1S/C23H17ClN4O2S.C4H10O.C2H2/c1-12-9-18-22(21(15(12)10-20(29)30)13-3-5-14(24)6-4-13)31-23(26-18)17-8-7-16-19(25-17)11-28(2)27-16;1-4(2,3)5;1-2/h3-9,11H,10H2,1-2H3,(H,29,30);5H,1-3H3;1-2H. The number of pyridine rings is 1. The molecular weight excluding hydrogens is 520 g/mol. The molecule has 9 heteroatoms. The average molecular weight is 549 g/mol. The number of carboxylic acid groups (broad SMARTS) is 1. The van der Waals surface area contributed by atoms with Crippen molar-refractivity contribution in [3.63, 3.8) is 0 Å². The predicted molar refractivity (Wildman–Crippen MR) is 156 cm³/mol. The number of aliphatic carboxylic acids is 1. The Balaban J connectivity index is 0.000000515. The maximum absolute atomic E-state index is 11.6. The van der Waals surface area contributed by atoms with Gasteiger partial charge >= 0.3 is 5.97 Å². The highest BCUT2D eigenvalue weighted by atomic mass is 35.5. The third-order valence-corrected chi connectivity index (χ3v) is 6.53. The first-order valence-electron chi connectivity index (χ1n) is 11.7. The van der Waals surface area contributed by atoms with Crippen LogP contribution in [0.1, 0.15) is 31.9 Å². The summed E-state index contributed by atoms with van der Waals surface area (Å²) in [7, 11) is 1.87. The van der Waals surface area contributed by atoms with Gasteiger partial charge in [0, 0.05) is 17.6 Å². The summed E-state index contributed by atoms with van der Waals surface area (Å²) in [6, 6.07) is 13.3. The zero-order valence-corrected chi connectivity index (χ0v) is 23.4. The van der Waals surface area contributed by atoms with Gasteiger partial charge in [-0.15, -0.1) is 24.2 Å². The van der Waals surface area contributed by atoms with Crippen molar-refractivity contribution < 1.29 is 15.0 Å². The molecule has 0 radical (unpaired) electrons. The first-order chi connectivity index (χ1) is 17.9. The number of fused-ring (bicyclic) bond motifs is 2. The number of thiazole rings is 1. The second-order valence-electron chi connectivity index (χ2n) is 9.57. The number of benzene rings is 2. The lowest BCUT2D eigenvalue weighted by Gasteiger charge is -2.13. The van der Waals surface area contributed by atoms with Gasteiger partial charge in [0.2, 0.25) is 0 Å². The summed E-state index contributed by atoms with van der Waals surface area (Å²) in [6.07, 6.45) is 9.81. The third kappa shape index (κ3) is 6.95. The zero-order valence-electron chi connectivity index (χ0n) is 21.9. The smallest absolute Gasteiger partial charge is 0.307 e. The topological polar surface area (TPSA) is 101 Å². The van der Waals surface area contributed by atoms with Crippen LogP contribution in [0.4, 0.5) is 0 Å². The van der Waals surface area contributed by atoms with Crippen LogP contribution >= 0.6 is 22.9 Å². The van der Waals surface area contributed by atoms with Crippen molar-refractivity contribution in [2.24, 2.45) is 7.05 Å². The minimum absolute atomic E-state index is 0.0626. The molecule has 0 bridgehead atoms. The van der Waals surface area contributed by atoms with Crippen LogP contribution in [-0.2, 0) is 18.3 Å². The van der Waals surface area contributed by atoms with Gasteiger partial charge in [-0.05, 0) is 74.7 Å². The van der Waals surface area contributed by atoms with E-state index in [1.54, 1.807) is 25.5 Å². The Hall–Kier alpha value is -3.77. The van der Waals surface area contributed by atoms with E-state index < -0.39 is 11.6 Å². The Morgan fingerprint density at radius 1 is 1.05 bits per heavy atom. The number of rotatable bonds is 4. The Morgan fingerprint density at radius 2 is 1.68 bits per heavy atom. The van der Waals surface area contributed by atoms with E-state index in [2.05, 4.69) is 17.9 Å². The molecule has 196 valence electrons. The number of terminal acetylenes is 1. The lowest BCUT2D eigenvalue weighted by atomic mass is 9.93. The van der Waals surface area contributed by atoms with Gasteiger partial charge in [-0.3, -0.25) is 9.48 Å². The molecule has 0 aliphatic rings. The van der Waals surface area contributed by atoms with Gasteiger partial charge in [0.15, 0.2) is 0 Å². The number of aryl methyl sites for hydroxylation is 2. The zero-order chi connectivity index (χ0) is 28.2. The van der Waals surface area contributed by atoms with Gasteiger partial charge in [-0.2, -0.15) is 5.10 Å².